The van der Waals surface area contributed by atoms with E-state index in [-0.39, 0.29) is 11.9 Å². The molecule has 2 aliphatic rings. The lowest BCUT2D eigenvalue weighted by Gasteiger charge is -2.42. The Hall–Kier alpha value is -3.35. The van der Waals surface area contributed by atoms with Crippen LogP contribution in [0.15, 0.2) is 78.9 Å². The van der Waals surface area contributed by atoms with Crippen molar-refractivity contribution in [1.82, 2.24) is 15.1 Å². The van der Waals surface area contributed by atoms with Gasteiger partial charge in [-0.25, -0.2) is 0 Å². The Morgan fingerprint density at radius 2 is 1.56 bits per heavy atom. The minimum Gasteiger partial charge on any atom is -0.493 e. The van der Waals surface area contributed by atoms with Crippen LogP contribution in [0.5, 0.6) is 17.2 Å². The van der Waals surface area contributed by atoms with E-state index in [0.29, 0.717) is 5.75 Å². The fourth-order valence-electron chi connectivity index (χ4n) is 6.01. The van der Waals surface area contributed by atoms with Gasteiger partial charge in [-0.15, -0.1) is 0 Å². The first kappa shape index (κ1) is 27.2. The van der Waals surface area contributed by atoms with Crippen molar-refractivity contribution in [2.45, 2.75) is 50.6 Å². The molecule has 6 nitrogen and oxygen atoms in total. The monoisotopic (exact) mass is 527 g/mol. The van der Waals surface area contributed by atoms with E-state index < -0.39 is 5.41 Å². The van der Waals surface area contributed by atoms with E-state index in [4.69, 9.17) is 9.47 Å². The van der Waals surface area contributed by atoms with E-state index in [2.05, 4.69) is 58.4 Å². The fourth-order valence-corrected chi connectivity index (χ4v) is 6.01. The molecular formula is C33H41N3O3. The van der Waals surface area contributed by atoms with Crippen molar-refractivity contribution in [2.24, 2.45) is 0 Å². The Morgan fingerprint density at radius 3 is 2.26 bits per heavy atom. The first-order valence-electron chi connectivity index (χ1n) is 14.3. The summed E-state index contributed by atoms with van der Waals surface area (Å²) in [6.45, 7) is 7.97. The maximum atomic E-state index is 13.8. The van der Waals surface area contributed by atoms with Gasteiger partial charge in [0.25, 0.3) is 0 Å². The quantitative estimate of drug-likeness (QED) is 0.391. The molecule has 206 valence electrons. The summed E-state index contributed by atoms with van der Waals surface area (Å²) in [5.41, 5.74) is 1.95. The van der Waals surface area contributed by atoms with Crippen LogP contribution in [0.25, 0.3) is 0 Å². The van der Waals surface area contributed by atoms with Crippen LogP contribution in [0.2, 0.25) is 0 Å². The highest BCUT2D eigenvalue weighted by atomic mass is 16.5. The molecule has 0 aliphatic carbocycles. The van der Waals surface area contributed by atoms with Crippen LogP contribution in [0, 0.1) is 0 Å². The molecule has 2 fully saturated rings. The second-order valence-corrected chi connectivity index (χ2v) is 10.8. The molecule has 1 N–H and O–H groups in total. The predicted octanol–water partition coefficient (Wildman–Crippen LogP) is 5.62. The number of ether oxygens (including phenoxy) is 2. The third-order valence-corrected chi connectivity index (χ3v) is 8.44. The molecule has 0 spiro atoms. The molecule has 2 saturated heterocycles. The molecule has 3 aromatic rings. The second-order valence-electron chi connectivity index (χ2n) is 10.8. The highest BCUT2D eigenvalue weighted by molar-refractivity contribution is 5.88. The molecule has 0 bridgehead atoms. The number of para-hydroxylation sites is 2. The Morgan fingerprint density at radius 1 is 0.872 bits per heavy atom. The molecule has 39 heavy (non-hydrogen) atoms. The van der Waals surface area contributed by atoms with Crippen molar-refractivity contribution in [1.29, 1.82) is 0 Å². The molecule has 0 unspecified atom stereocenters. The summed E-state index contributed by atoms with van der Waals surface area (Å²) in [4.78, 5) is 18.7. The van der Waals surface area contributed by atoms with Crippen molar-refractivity contribution < 1.29 is 14.3 Å². The number of benzene rings is 3. The molecule has 5 rings (SSSR count). The molecular weight excluding hydrogens is 486 g/mol. The van der Waals surface area contributed by atoms with Gasteiger partial charge < -0.3 is 19.7 Å². The van der Waals surface area contributed by atoms with Crippen LogP contribution in [-0.4, -0.2) is 61.6 Å². The smallest absolute Gasteiger partial charge is 0.230 e. The lowest BCUT2D eigenvalue weighted by atomic mass is 9.71. The van der Waals surface area contributed by atoms with Gasteiger partial charge in [0.2, 0.25) is 5.91 Å². The highest BCUT2D eigenvalue weighted by Gasteiger charge is 2.43. The van der Waals surface area contributed by atoms with Gasteiger partial charge >= 0.3 is 0 Å². The number of amides is 1. The summed E-state index contributed by atoms with van der Waals surface area (Å²) < 4.78 is 11.5. The molecule has 0 saturated carbocycles. The minimum atomic E-state index is -0.425. The second kappa shape index (κ2) is 12.7. The number of carbonyl (C=O) groups is 1. The Balaban J connectivity index is 1.17. The Bertz CT molecular complexity index is 1220. The van der Waals surface area contributed by atoms with E-state index in [1.54, 1.807) is 7.11 Å². The summed E-state index contributed by atoms with van der Waals surface area (Å²) in [5, 5.41) is 3.48. The van der Waals surface area contributed by atoms with Gasteiger partial charge in [0, 0.05) is 25.7 Å². The van der Waals surface area contributed by atoms with E-state index >= 15 is 0 Å². The number of nitrogens with one attached hydrogen (secondary N) is 1. The summed E-state index contributed by atoms with van der Waals surface area (Å²) in [7, 11) is 1.65. The van der Waals surface area contributed by atoms with Gasteiger partial charge in [0.05, 0.1) is 12.5 Å². The lowest BCUT2D eigenvalue weighted by Crippen LogP contribution is -2.55. The van der Waals surface area contributed by atoms with E-state index in [1.807, 2.05) is 42.5 Å². The molecule has 1 amide bonds. The first-order valence-corrected chi connectivity index (χ1v) is 14.3. The summed E-state index contributed by atoms with van der Waals surface area (Å²) in [5.74, 6) is 2.45. The van der Waals surface area contributed by atoms with Crippen LogP contribution in [0.3, 0.4) is 0 Å². The van der Waals surface area contributed by atoms with Crippen LogP contribution in [-0.2, 0) is 16.8 Å². The highest BCUT2D eigenvalue weighted by Crippen LogP contribution is 2.36. The molecule has 2 heterocycles. The zero-order valence-electron chi connectivity index (χ0n) is 23.3. The largest absolute Gasteiger partial charge is 0.493 e. The number of nitrogens with zero attached hydrogens (tertiary/aromatic N) is 2. The number of methoxy groups -OCH3 is 1. The minimum absolute atomic E-state index is 0.212. The van der Waals surface area contributed by atoms with Crippen LogP contribution in [0.4, 0.5) is 0 Å². The summed E-state index contributed by atoms with van der Waals surface area (Å²) in [6, 6.07) is 26.6. The van der Waals surface area contributed by atoms with Crippen molar-refractivity contribution in [2.75, 3.05) is 39.8 Å². The van der Waals surface area contributed by atoms with Crippen molar-refractivity contribution in [3.63, 3.8) is 0 Å². The van der Waals surface area contributed by atoms with Gasteiger partial charge in [0.15, 0.2) is 11.5 Å². The molecule has 0 aromatic heterocycles. The number of likely N-dealkylation sites (tertiary alicyclic amines) is 2. The van der Waals surface area contributed by atoms with Crippen LogP contribution >= 0.6 is 0 Å². The average molecular weight is 528 g/mol. The van der Waals surface area contributed by atoms with Gasteiger partial charge in [-0.05, 0) is 80.7 Å². The third-order valence-electron chi connectivity index (χ3n) is 8.44. The topological polar surface area (TPSA) is 54.0 Å². The van der Waals surface area contributed by atoms with E-state index in [0.717, 1.165) is 82.0 Å². The predicted molar refractivity (Wildman–Crippen MR) is 155 cm³/mol. The number of hydrogen-bond donors (Lipinski definition) is 1. The maximum absolute atomic E-state index is 13.8. The molecule has 0 atom stereocenters. The maximum Gasteiger partial charge on any atom is 0.230 e. The van der Waals surface area contributed by atoms with Gasteiger partial charge in [-0.2, -0.15) is 0 Å². The van der Waals surface area contributed by atoms with Gasteiger partial charge in [0.1, 0.15) is 5.75 Å². The van der Waals surface area contributed by atoms with Gasteiger partial charge in [-0.3, -0.25) is 9.69 Å². The van der Waals surface area contributed by atoms with Crippen molar-refractivity contribution in [3.05, 3.63) is 90.0 Å². The van der Waals surface area contributed by atoms with Gasteiger partial charge in [-0.1, -0.05) is 61.5 Å². The van der Waals surface area contributed by atoms with Crippen molar-refractivity contribution in [3.8, 4) is 17.2 Å². The number of piperidine rings is 2. The first-order chi connectivity index (χ1) is 19.1. The molecule has 0 radical (unpaired) electrons. The van der Waals surface area contributed by atoms with Crippen LogP contribution < -0.4 is 14.8 Å². The zero-order valence-corrected chi connectivity index (χ0v) is 23.3. The Labute approximate surface area is 232 Å². The standard InChI is InChI=1S/C33H41N3O3/c1-3-35-22-18-33(19-23-35,27-11-5-4-6-12-27)32(37)34-28-16-20-36(21-17-28)25-26-10-9-13-29(24-26)39-31-15-8-7-14-30(31)38-2/h4-15,24,28H,3,16-23,25H2,1-2H3,(H,34,37). The normalized spacial score (nSPS) is 18.4. The van der Waals surface area contributed by atoms with E-state index in [1.165, 1.54) is 5.56 Å². The molecule has 3 aromatic carbocycles. The van der Waals surface area contributed by atoms with Crippen LogP contribution in [0.1, 0.15) is 43.7 Å². The lowest BCUT2D eigenvalue weighted by molar-refractivity contribution is -0.129. The van der Waals surface area contributed by atoms with Crippen molar-refractivity contribution >= 4 is 5.91 Å². The summed E-state index contributed by atoms with van der Waals surface area (Å²) >= 11 is 0. The zero-order chi connectivity index (χ0) is 27.1. The molecule has 2 aliphatic heterocycles. The summed E-state index contributed by atoms with van der Waals surface area (Å²) in [6.07, 6.45) is 3.69. The number of carbonyl (C=O) groups excluding carboxylic acids is 1. The average Bonchev–Trinajstić information content (AvgIpc) is 2.99. The Kier molecular flexibility index (Phi) is 8.84. The number of rotatable bonds is 9. The SMILES string of the molecule is CCN1CCC(C(=O)NC2CCN(Cc3cccc(Oc4ccccc4OC)c3)CC2)(c2ccccc2)CC1. The molecule has 6 heteroatoms. The number of hydrogen-bond acceptors (Lipinski definition) is 5. The van der Waals surface area contributed by atoms with E-state index in [9.17, 15) is 4.79 Å². The third kappa shape index (κ3) is 6.45. The fraction of sp³-hybridized carbons (Fsp3) is 0.424.